The van der Waals surface area contributed by atoms with Crippen molar-refractivity contribution in [3.8, 4) is 0 Å². The first kappa shape index (κ1) is 16.3. The number of amides is 1. The molecule has 0 heterocycles. The molecule has 1 N–H and O–H groups in total. The highest BCUT2D eigenvalue weighted by atomic mass is 16.6. The van der Waals surface area contributed by atoms with E-state index in [0.29, 0.717) is 0 Å². The van der Waals surface area contributed by atoms with Crippen molar-refractivity contribution in [1.29, 1.82) is 0 Å². The number of hydrogen-bond acceptors (Lipinski definition) is 4. The zero-order chi connectivity index (χ0) is 16.2. The summed E-state index contributed by atoms with van der Waals surface area (Å²) in [5, 5.41) is 2.64. The molecule has 1 atom stereocenters. The van der Waals surface area contributed by atoms with Crippen molar-refractivity contribution in [2.45, 2.75) is 51.9 Å². The summed E-state index contributed by atoms with van der Waals surface area (Å²) in [7, 11) is 0. The van der Waals surface area contributed by atoms with Gasteiger partial charge in [-0.15, -0.1) is 0 Å². The molecule has 0 saturated heterocycles. The molecular formula is C17H23NO4. The lowest BCUT2D eigenvalue weighted by Gasteiger charge is -2.22. The van der Waals surface area contributed by atoms with Gasteiger partial charge in [0.1, 0.15) is 18.2 Å². The topological polar surface area (TPSA) is 64.6 Å². The largest absolute Gasteiger partial charge is 0.459 e. The summed E-state index contributed by atoms with van der Waals surface area (Å²) >= 11 is 0. The Morgan fingerprint density at radius 1 is 1.23 bits per heavy atom. The van der Waals surface area contributed by atoms with Gasteiger partial charge in [-0.25, -0.2) is 9.59 Å². The lowest BCUT2D eigenvalue weighted by molar-refractivity contribution is -0.148. The fourth-order valence-corrected chi connectivity index (χ4v) is 2.05. The highest BCUT2D eigenvalue weighted by Crippen LogP contribution is 2.33. The van der Waals surface area contributed by atoms with E-state index >= 15 is 0 Å². The van der Waals surface area contributed by atoms with Crippen molar-refractivity contribution in [1.82, 2.24) is 5.32 Å². The van der Waals surface area contributed by atoms with Crippen molar-refractivity contribution in [3.63, 3.8) is 0 Å². The number of carbonyl (C=O) groups excluding carboxylic acids is 2. The molecule has 5 nitrogen and oxygen atoms in total. The highest BCUT2D eigenvalue weighted by molar-refractivity contribution is 5.82. The lowest BCUT2D eigenvalue weighted by atomic mass is 10.2. The first-order chi connectivity index (χ1) is 10.3. The Bertz CT molecular complexity index is 517. The molecule has 2 rings (SSSR count). The second kappa shape index (κ2) is 6.81. The molecule has 22 heavy (non-hydrogen) atoms. The van der Waals surface area contributed by atoms with Crippen LogP contribution in [-0.2, 0) is 20.9 Å². The van der Waals surface area contributed by atoms with Crippen LogP contribution in [-0.4, -0.2) is 23.7 Å². The molecule has 0 radical (unpaired) electrons. The molecule has 0 spiro atoms. The summed E-state index contributed by atoms with van der Waals surface area (Å²) in [6, 6.07) is 8.84. The molecule has 120 valence electrons. The molecule has 1 aliphatic carbocycles. The van der Waals surface area contributed by atoms with Gasteiger partial charge in [-0.1, -0.05) is 30.3 Å². The van der Waals surface area contributed by atoms with Crippen LogP contribution < -0.4 is 5.32 Å². The van der Waals surface area contributed by atoms with E-state index in [1.807, 2.05) is 30.3 Å². The van der Waals surface area contributed by atoms with Crippen LogP contribution in [0.4, 0.5) is 4.79 Å². The van der Waals surface area contributed by atoms with E-state index < -0.39 is 23.7 Å². The summed E-state index contributed by atoms with van der Waals surface area (Å²) < 4.78 is 10.5. The molecule has 0 aliphatic heterocycles. The van der Waals surface area contributed by atoms with Gasteiger partial charge in [-0.3, -0.25) is 0 Å². The van der Waals surface area contributed by atoms with Crippen molar-refractivity contribution in [3.05, 3.63) is 35.9 Å². The van der Waals surface area contributed by atoms with E-state index in [0.717, 1.165) is 18.4 Å². The van der Waals surface area contributed by atoms with Gasteiger partial charge in [0.15, 0.2) is 0 Å². The number of nitrogens with one attached hydrogen (secondary N) is 1. The SMILES string of the molecule is CC(C)(C)OC(=O)N[C@H](C(=O)OCc1ccccc1)C1CC1. The van der Waals surface area contributed by atoms with E-state index in [4.69, 9.17) is 9.47 Å². The average Bonchev–Trinajstić information content (AvgIpc) is 3.26. The number of esters is 1. The van der Waals surface area contributed by atoms with E-state index in [2.05, 4.69) is 5.32 Å². The fraction of sp³-hybridized carbons (Fsp3) is 0.529. The fourth-order valence-electron chi connectivity index (χ4n) is 2.05. The van der Waals surface area contributed by atoms with Crippen LogP contribution in [0.25, 0.3) is 0 Å². The summed E-state index contributed by atoms with van der Waals surface area (Å²) in [6.45, 7) is 5.56. The molecule has 1 saturated carbocycles. The lowest BCUT2D eigenvalue weighted by Crippen LogP contribution is -2.45. The zero-order valence-corrected chi connectivity index (χ0v) is 13.3. The minimum atomic E-state index is -0.626. The van der Waals surface area contributed by atoms with Crippen LogP contribution >= 0.6 is 0 Å². The average molecular weight is 305 g/mol. The molecule has 1 aromatic rings. The van der Waals surface area contributed by atoms with E-state index in [9.17, 15) is 9.59 Å². The minimum absolute atomic E-state index is 0.149. The maximum absolute atomic E-state index is 12.2. The first-order valence-electron chi connectivity index (χ1n) is 7.55. The number of rotatable bonds is 5. The molecule has 0 bridgehead atoms. The predicted molar refractivity (Wildman–Crippen MR) is 82.1 cm³/mol. The predicted octanol–water partition coefficient (Wildman–Crippen LogP) is 3.03. The normalized spacial score (nSPS) is 15.8. The molecule has 1 aromatic carbocycles. The monoisotopic (exact) mass is 305 g/mol. The molecule has 0 aromatic heterocycles. The number of carbonyl (C=O) groups is 2. The number of benzene rings is 1. The minimum Gasteiger partial charge on any atom is -0.459 e. The Hall–Kier alpha value is -2.04. The number of hydrogen-bond donors (Lipinski definition) is 1. The number of alkyl carbamates (subject to hydrolysis) is 1. The Morgan fingerprint density at radius 2 is 1.86 bits per heavy atom. The van der Waals surface area contributed by atoms with Gasteiger partial charge < -0.3 is 14.8 Å². The first-order valence-corrected chi connectivity index (χ1v) is 7.55. The van der Waals surface area contributed by atoms with Gasteiger partial charge in [0, 0.05) is 0 Å². The van der Waals surface area contributed by atoms with Gasteiger partial charge in [0.2, 0.25) is 0 Å². The summed E-state index contributed by atoms with van der Waals surface area (Å²) in [6.07, 6.45) is 1.25. The van der Waals surface area contributed by atoms with E-state index in [1.54, 1.807) is 20.8 Å². The van der Waals surface area contributed by atoms with Gasteiger partial charge >= 0.3 is 12.1 Å². The Morgan fingerprint density at radius 3 is 2.41 bits per heavy atom. The van der Waals surface area contributed by atoms with Crippen molar-refractivity contribution < 1.29 is 19.1 Å². The van der Waals surface area contributed by atoms with Crippen LogP contribution in [0.3, 0.4) is 0 Å². The van der Waals surface area contributed by atoms with Crippen molar-refractivity contribution in [2.24, 2.45) is 5.92 Å². The van der Waals surface area contributed by atoms with Gasteiger partial charge in [0.25, 0.3) is 0 Å². The van der Waals surface area contributed by atoms with Gasteiger partial charge in [-0.2, -0.15) is 0 Å². The molecule has 1 fully saturated rings. The molecule has 1 aliphatic rings. The Kier molecular flexibility index (Phi) is 5.06. The zero-order valence-electron chi connectivity index (χ0n) is 13.3. The maximum atomic E-state index is 12.2. The van der Waals surface area contributed by atoms with Crippen molar-refractivity contribution >= 4 is 12.1 Å². The van der Waals surface area contributed by atoms with Crippen molar-refractivity contribution in [2.75, 3.05) is 0 Å². The second-order valence-corrected chi connectivity index (χ2v) is 6.55. The second-order valence-electron chi connectivity index (χ2n) is 6.55. The van der Waals surface area contributed by atoms with Gasteiger partial charge in [0.05, 0.1) is 0 Å². The summed E-state index contributed by atoms with van der Waals surface area (Å²) in [5.74, 6) is -0.256. The molecule has 5 heteroatoms. The van der Waals surface area contributed by atoms with Crippen LogP contribution in [0.1, 0.15) is 39.2 Å². The molecule has 0 unspecified atom stereocenters. The third kappa shape index (κ3) is 5.39. The smallest absolute Gasteiger partial charge is 0.408 e. The summed E-state index contributed by atoms with van der Waals surface area (Å²) in [5.41, 5.74) is 0.328. The highest BCUT2D eigenvalue weighted by Gasteiger charge is 2.39. The standard InChI is InChI=1S/C17H23NO4/c1-17(2,3)22-16(20)18-14(13-9-10-13)15(19)21-11-12-7-5-4-6-8-12/h4-8,13-14H,9-11H2,1-3H3,(H,18,20)/t14-/m0/s1. The third-order valence-corrected chi connectivity index (χ3v) is 3.24. The van der Waals surface area contributed by atoms with Crippen LogP contribution in [0.2, 0.25) is 0 Å². The van der Waals surface area contributed by atoms with E-state index in [-0.39, 0.29) is 12.5 Å². The Labute approximate surface area is 131 Å². The van der Waals surface area contributed by atoms with Crippen LogP contribution in [0.15, 0.2) is 30.3 Å². The summed E-state index contributed by atoms with van der Waals surface area (Å²) in [4.78, 5) is 24.0. The van der Waals surface area contributed by atoms with Crippen LogP contribution in [0, 0.1) is 5.92 Å². The maximum Gasteiger partial charge on any atom is 0.408 e. The van der Waals surface area contributed by atoms with Crippen LogP contribution in [0.5, 0.6) is 0 Å². The quantitative estimate of drug-likeness (QED) is 0.849. The van der Waals surface area contributed by atoms with Gasteiger partial charge in [-0.05, 0) is 45.1 Å². The third-order valence-electron chi connectivity index (χ3n) is 3.24. The van der Waals surface area contributed by atoms with E-state index in [1.165, 1.54) is 0 Å². The molecule has 1 amide bonds. The Balaban J connectivity index is 1.87. The molecular weight excluding hydrogens is 282 g/mol. The number of ether oxygens (including phenoxy) is 2.